The molecule has 3 nitrogen and oxygen atoms in total. The average molecular weight is 319 g/mol. The van der Waals surface area contributed by atoms with E-state index in [1.54, 1.807) is 12.1 Å². The average Bonchev–Trinajstić information content (AvgIpc) is 2.97. The second-order valence-corrected chi connectivity index (χ2v) is 5.67. The number of halogens is 2. The summed E-state index contributed by atoms with van der Waals surface area (Å²) in [4.78, 5) is 5.42. The van der Waals surface area contributed by atoms with Crippen LogP contribution in [-0.4, -0.2) is 18.4 Å². The maximum absolute atomic E-state index is 12.9. The summed E-state index contributed by atoms with van der Waals surface area (Å²) in [6, 6.07) is 14.1. The smallest absolute Gasteiger partial charge is 0.145 e. The number of nitrogens with one attached hydrogen (secondary N) is 1. The van der Waals surface area contributed by atoms with E-state index in [-0.39, 0.29) is 11.9 Å². The Morgan fingerprint density at radius 3 is 2.82 bits per heavy atom. The molecule has 0 saturated carbocycles. The van der Waals surface area contributed by atoms with Crippen LogP contribution in [0.2, 0.25) is 5.02 Å². The fraction of sp³-hybridized carbons (Fsp3) is 0.235. The minimum absolute atomic E-state index is 0.000706. The molecule has 2 aromatic carbocycles. The van der Waals surface area contributed by atoms with E-state index in [2.05, 4.69) is 10.5 Å². The summed E-state index contributed by atoms with van der Waals surface area (Å²) >= 11 is 5.95. The molecule has 2 aromatic rings. The molecule has 1 heterocycles. The van der Waals surface area contributed by atoms with Crippen LogP contribution in [0.1, 0.15) is 17.5 Å². The van der Waals surface area contributed by atoms with Gasteiger partial charge in [-0.2, -0.15) is 0 Å². The van der Waals surface area contributed by atoms with Gasteiger partial charge in [-0.1, -0.05) is 41.0 Å². The lowest BCUT2D eigenvalue weighted by Gasteiger charge is -2.10. The lowest BCUT2D eigenvalue weighted by Crippen LogP contribution is -2.26. The van der Waals surface area contributed by atoms with Crippen LogP contribution in [0, 0.1) is 5.82 Å². The third-order valence-electron chi connectivity index (χ3n) is 3.50. The van der Waals surface area contributed by atoms with Crippen LogP contribution in [0.3, 0.4) is 0 Å². The molecule has 0 bridgehead atoms. The maximum atomic E-state index is 12.9. The summed E-state index contributed by atoms with van der Waals surface area (Å²) in [7, 11) is 0. The predicted molar refractivity (Wildman–Crippen MR) is 85.6 cm³/mol. The molecule has 0 aromatic heterocycles. The van der Waals surface area contributed by atoms with E-state index in [1.807, 2.05) is 24.3 Å². The molecule has 5 heteroatoms. The lowest BCUT2D eigenvalue weighted by molar-refractivity contribution is 0.0848. The molecular weight excluding hydrogens is 303 g/mol. The summed E-state index contributed by atoms with van der Waals surface area (Å²) < 4.78 is 12.9. The molecule has 0 fully saturated rings. The quantitative estimate of drug-likeness (QED) is 0.910. The van der Waals surface area contributed by atoms with Gasteiger partial charge in [0.2, 0.25) is 0 Å². The predicted octanol–water partition coefficient (Wildman–Crippen LogP) is 3.76. The Balaban J connectivity index is 1.47. The van der Waals surface area contributed by atoms with Gasteiger partial charge in [0.05, 0.1) is 5.71 Å². The van der Waals surface area contributed by atoms with Crippen molar-refractivity contribution in [3.05, 3.63) is 70.5 Å². The molecule has 1 aliphatic heterocycles. The first kappa shape index (κ1) is 15.0. The molecule has 0 unspecified atom stereocenters. The Morgan fingerprint density at radius 2 is 2.05 bits per heavy atom. The lowest BCUT2D eigenvalue weighted by atomic mass is 10.1. The van der Waals surface area contributed by atoms with E-state index >= 15 is 0 Å². The van der Waals surface area contributed by atoms with E-state index in [0.717, 1.165) is 28.4 Å². The molecule has 3 rings (SSSR count). The zero-order chi connectivity index (χ0) is 15.4. The number of hydrogen-bond donors (Lipinski definition) is 1. The van der Waals surface area contributed by atoms with Crippen molar-refractivity contribution in [1.29, 1.82) is 0 Å². The van der Waals surface area contributed by atoms with Gasteiger partial charge in [-0.05, 0) is 35.4 Å². The van der Waals surface area contributed by atoms with E-state index in [9.17, 15) is 4.39 Å². The summed E-state index contributed by atoms with van der Waals surface area (Å²) in [6.45, 7) is 1.42. The van der Waals surface area contributed by atoms with Crippen molar-refractivity contribution in [2.24, 2.45) is 5.16 Å². The molecule has 1 N–H and O–H groups in total. The van der Waals surface area contributed by atoms with Crippen molar-refractivity contribution in [2.45, 2.75) is 19.1 Å². The summed E-state index contributed by atoms with van der Waals surface area (Å²) in [5.41, 5.74) is 2.89. The highest BCUT2D eigenvalue weighted by molar-refractivity contribution is 6.30. The molecular formula is C17H16ClFN2O. The molecule has 0 saturated heterocycles. The standard InChI is InChI=1S/C17H16ClFN2O/c18-14-3-1-2-12(8-14)10-20-11-16-9-17(21-22-16)13-4-6-15(19)7-5-13/h1-8,16,20H,9-11H2/t16-/m0/s1. The number of oxime groups is 1. The third-order valence-corrected chi connectivity index (χ3v) is 3.74. The molecule has 114 valence electrons. The zero-order valence-corrected chi connectivity index (χ0v) is 12.7. The summed E-state index contributed by atoms with van der Waals surface area (Å²) in [6.07, 6.45) is 0.716. The van der Waals surface area contributed by atoms with Crippen LogP contribution >= 0.6 is 11.6 Å². The highest BCUT2D eigenvalue weighted by Crippen LogP contribution is 2.17. The zero-order valence-electron chi connectivity index (χ0n) is 11.9. The fourth-order valence-corrected chi connectivity index (χ4v) is 2.59. The first-order valence-corrected chi connectivity index (χ1v) is 7.52. The summed E-state index contributed by atoms with van der Waals surface area (Å²) in [5, 5.41) is 8.16. The van der Waals surface area contributed by atoms with Gasteiger partial charge in [-0.15, -0.1) is 0 Å². The molecule has 22 heavy (non-hydrogen) atoms. The molecule has 0 aliphatic carbocycles. The molecule has 1 aliphatic rings. The first-order valence-electron chi connectivity index (χ1n) is 7.14. The number of rotatable bonds is 5. The summed E-state index contributed by atoms with van der Waals surface area (Å²) in [5.74, 6) is -0.247. The van der Waals surface area contributed by atoms with Gasteiger partial charge in [-0.25, -0.2) is 4.39 Å². The molecule has 1 atom stereocenters. The Labute approximate surface area is 133 Å². The Hall–Kier alpha value is -1.91. The minimum atomic E-state index is -0.247. The van der Waals surface area contributed by atoms with Crippen molar-refractivity contribution in [3.63, 3.8) is 0 Å². The van der Waals surface area contributed by atoms with Crippen LogP contribution in [0.25, 0.3) is 0 Å². The van der Waals surface area contributed by atoms with Gasteiger partial charge >= 0.3 is 0 Å². The van der Waals surface area contributed by atoms with E-state index in [4.69, 9.17) is 16.4 Å². The molecule has 0 spiro atoms. The third kappa shape index (κ3) is 3.84. The van der Waals surface area contributed by atoms with Crippen molar-refractivity contribution >= 4 is 17.3 Å². The minimum Gasteiger partial charge on any atom is -0.390 e. The van der Waals surface area contributed by atoms with Crippen LogP contribution < -0.4 is 5.32 Å². The van der Waals surface area contributed by atoms with Gasteiger partial charge in [0.15, 0.2) is 0 Å². The fourth-order valence-electron chi connectivity index (χ4n) is 2.38. The van der Waals surface area contributed by atoms with Gasteiger partial charge in [0.25, 0.3) is 0 Å². The molecule has 0 radical (unpaired) electrons. The van der Waals surface area contributed by atoms with Crippen LogP contribution in [0.4, 0.5) is 4.39 Å². The second kappa shape index (κ2) is 6.90. The van der Waals surface area contributed by atoms with Gasteiger partial charge < -0.3 is 10.2 Å². The van der Waals surface area contributed by atoms with Crippen LogP contribution in [0.5, 0.6) is 0 Å². The SMILES string of the molecule is Fc1ccc(C2=NO[C@H](CNCc3cccc(Cl)c3)C2)cc1. The second-order valence-electron chi connectivity index (χ2n) is 5.24. The highest BCUT2D eigenvalue weighted by Gasteiger charge is 2.21. The molecule has 0 amide bonds. The van der Waals surface area contributed by atoms with Gasteiger partial charge in [0, 0.05) is 24.5 Å². The van der Waals surface area contributed by atoms with E-state index in [1.165, 1.54) is 12.1 Å². The monoisotopic (exact) mass is 318 g/mol. The topological polar surface area (TPSA) is 33.6 Å². The maximum Gasteiger partial charge on any atom is 0.145 e. The first-order chi connectivity index (χ1) is 10.7. The Bertz CT molecular complexity index is 673. The van der Waals surface area contributed by atoms with Gasteiger partial charge in [-0.3, -0.25) is 0 Å². The Kier molecular flexibility index (Phi) is 4.71. The Morgan fingerprint density at radius 1 is 1.23 bits per heavy atom. The van der Waals surface area contributed by atoms with E-state index in [0.29, 0.717) is 13.0 Å². The largest absolute Gasteiger partial charge is 0.390 e. The number of nitrogens with zero attached hydrogens (tertiary/aromatic N) is 1. The van der Waals surface area contributed by atoms with Crippen LogP contribution in [0.15, 0.2) is 53.7 Å². The van der Waals surface area contributed by atoms with Crippen molar-refractivity contribution in [1.82, 2.24) is 5.32 Å². The normalized spacial score (nSPS) is 17.2. The van der Waals surface area contributed by atoms with Crippen molar-refractivity contribution in [2.75, 3.05) is 6.54 Å². The van der Waals surface area contributed by atoms with Crippen molar-refractivity contribution in [3.8, 4) is 0 Å². The highest BCUT2D eigenvalue weighted by atomic mass is 35.5. The van der Waals surface area contributed by atoms with Crippen molar-refractivity contribution < 1.29 is 9.23 Å². The van der Waals surface area contributed by atoms with Gasteiger partial charge in [0.1, 0.15) is 11.9 Å². The van der Waals surface area contributed by atoms with Crippen LogP contribution in [-0.2, 0) is 11.4 Å². The number of hydrogen-bond acceptors (Lipinski definition) is 3. The number of benzene rings is 2. The van der Waals surface area contributed by atoms with E-state index < -0.39 is 0 Å².